The van der Waals surface area contributed by atoms with Gasteiger partial charge in [-0.25, -0.2) is 4.39 Å². The molecule has 0 spiro atoms. The van der Waals surface area contributed by atoms with Crippen molar-refractivity contribution < 1.29 is 18.8 Å². The summed E-state index contributed by atoms with van der Waals surface area (Å²) in [6, 6.07) is 13.2. The Labute approximate surface area is 126 Å². The fourth-order valence-electron chi connectivity index (χ4n) is 2.26. The molecule has 0 atom stereocenters. The molecule has 0 fully saturated rings. The number of hydrogen-bond acceptors (Lipinski definition) is 4. The first-order chi connectivity index (χ1) is 10.7. The Morgan fingerprint density at radius 2 is 1.68 bits per heavy atom. The highest BCUT2D eigenvalue weighted by Gasteiger charge is 2.18. The Hall–Kier alpha value is -2.66. The fraction of sp³-hybridized carbons (Fsp3) is 0.118. The monoisotopic (exact) mass is 299 g/mol. The maximum absolute atomic E-state index is 13.0. The van der Waals surface area contributed by atoms with Crippen LogP contribution in [0.1, 0.15) is 5.56 Å². The summed E-state index contributed by atoms with van der Waals surface area (Å²) < 4.78 is 23.5. The molecule has 112 valence electrons. The highest BCUT2D eigenvalue weighted by molar-refractivity contribution is 5.72. The van der Waals surface area contributed by atoms with Crippen molar-refractivity contribution >= 4 is 0 Å². The van der Waals surface area contributed by atoms with Crippen molar-refractivity contribution in [3.63, 3.8) is 0 Å². The molecular formula is C17H14FNO3. The first-order valence-electron chi connectivity index (χ1n) is 6.72. The summed E-state index contributed by atoms with van der Waals surface area (Å²) in [7, 11) is 1.59. The van der Waals surface area contributed by atoms with Crippen molar-refractivity contribution in [2.75, 3.05) is 7.11 Å². The quantitative estimate of drug-likeness (QED) is 0.799. The van der Waals surface area contributed by atoms with Crippen LogP contribution in [0.25, 0.3) is 22.6 Å². The number of benzene rings is 2. The molecule has 0 radical (unpaired) electrons. The molecule has 22 heavy (non-hydrogen) atoms. The van der Waals surface area contributed by atoms with Crippen LogP contribution in [0.4, 0.5) is 4.39 Å². The second kappa shape index (κ2) is 5.99. The number of aliphatic hydroxyl groups is 1. The number of methoxy groups -OCH3 is 1. The van der Waals surface area contributed by atoms with Gasteiger partial charge in [0, 0.05) is 11.1 Å². The predicted octanol–water partition coefficient (Wildman–Crippen LogP) is 3.65. The zero-order chi connectivity index (χ0) is 15.5. The van der Waals surface area contributed by atoms with Crippen LogP contribution in [0.15, 0.2) is 53.1 Å². The second-order valence-corrected chi connectivity index (χ2v) is 4.73. The number of rotatable bonds is 4. The fourth-order valence-corrected chi connectivity index (χ4v) is 2.26. The van der Waals surface area contributed by atoms with Crippen LogP contribution < -0.4 is 4.74 Å². The third-order valence-corrected chi connectivity index (χ3v) is 3.42. The third kappa shape index (κ3) is 2.58. The molecule has 0 aliphatic heterocycles. The van der Waals surface area contributed by atoms with E-state index in [0.717, 1.165) is 11.3 Å². The van der Waals surface area contributed by atoms with Crippen molar-refractivity contribution in [2.24, 2.45) is 0 Å². The highest BCUT2D eigenvalue weighted by atomic mass is 19.1. The summed E-state index contributed by atoms with van der Waals surface area (Å²) >= 11 is 0. The van der Waals surface area contributed by atoms with Crippen LogP contribution in [0.2, 0.25) is 0 Å². The smallest absolute Gasteiger partial charge is 0.173 e. The Kier molecular flexibility index (Phi) is 3.89. The predicted molar refractivity (Wildman–Crippen MR) is 79.8 cm³/mol. The SMILES string of the molecule is COc1ccc(-c2onc(-c3ccc(F)cc3)c2CO)cc1. The minimum absolute atomic E-state index is 0.225. The zero-order valence-electron chi connectivity index (χ0n) is 11.9. The number of nitrogens with zero attached hydrogens (tertiary/aromatic N) is 1. The van der Waals surface area contributed by atoms with Crippen molar-refractivity contribution in [3.8, 4) is 28.3 Å². The summed E-state index contributed by atoms with van der Waals surface area (Å²) in [4.78, 5) is 0. The van der Waals surface area contributed by atoms with E-state index in [1.54, 1.807) is 31.4 Å². The summed E-state index contributed by atoms with van der Waals surface area (Å²) in [6.45, 7) is -0.225. The minimum Gasteiger partial charge on any atom is -0.497 e. The molecule has 0 saturated carbocycles. The molecule has 0 unspecified atom stereocenters. The molecular weight excluding hydrogens is 285 g/mol. The van der Waals surface area contributed by atoms with Crippen molar-refractivity contribution in [2.45, 2.75) is 6.61 Å². The molecule has 0 aliphatic rings. The van der Waals surface area contributed by atoms with Crippen LogP contribution in [-0.4, -0.2) is 17.4 Å². The van der Waals surface area contributed by atoms with E-state index >= 15 is 0 Å². The van der Waals surface area contributed by atoms with Gasteiger partial charge in [-0.1, -0.05) is 5.16 Å². The van der Waals surface area contributed by atoms with E-state index in [1.807, 2.05) is 12.1 Å². The van der Waals surface area contributed by atoms with Crippen molar-refractivity contribution in [1.29, 1.82) is 0 Å². The molecule has 2 aromatic carbocycles. The van der Waals surface area contributed by atoms with E-state index in [2.05, 4.69) is 5.16 Å². The first kappa shape index (κ1) is 14.3. The van der Waals surface area contributed by atoms with Gasteiger partial charge >= 0.3 is 0 Å². The van der Waals surface area contributed by atoms with Gasteiger partial charge in [0.1, 0.15) is 17.3 Å². The Bertz CT molecular complexity index is 764. The van der Waals surface area contributed by atoms with E-state index in [4.69, 9.17) is 9.26 Å². The summed E-state index contributed by atoms with van der Waals surface area (Å²) in [5.74, 6) is 0.894. The Morgan fingerprint density at radius 1 is 1.05 bits per heavy atom. The minimum atomic E-state index is -0.326. The number of halogens is 1. The maximum Gasteiger partial charge on any atom is 0.173 e. The molecule has 3 aromatic rings. The van der Waals surface area contributed by atoms with Gasteiger partial charge in [-0.15, -0.1) is 0 Å². The molecule has 0 aliphatic carbocycles. The first-order valence-corrected chi connectivity index (χ1v) is 6.72. The molecule has 3 rings (SSSR count). The highest BCUT2D eigenvalue weighted by Crippen LogP contribution is 2.33. The molecule has 4 nitrogen and oxygen atoms in total. The van der Waals surface area contributed by atoms with Crippen molar-refractivity contribution in [1.82, 2.24) is 5.16 Å². The molecule has 0 saturated heterocycles. The van der Waals surface area contributed by atoms with Gasteiger partial charge in [0.2, 0.25) is 0 Å². The Balaban J connectivity index is 2.04. The van der Waals surface area contributed by atoms with Gasteiger partial charge in [-0.2, -0.15) is 0 Å². The van der Waals surface area contributed by atoms with Gasteiger partial charge in [0.05, 0.1) is 19.3 Å². The molecule has 1 N–H and O–H groups in total. The number of hydrogen-bond donors (Lipinski definition) is 1. The lowest BCUT2D eigenvalue weighted by molar-refractivity contribution is 0.281. The summed E-state index contributed by atoms with van der Waals surface area (Å²) in [5.41, 5.74) is 2.55. The van der Waals surface area contributed by atoms with E-state index in [-0.39, 0.29) is 12.4 Å². The van der Waals surface area contributed by atoms with E-state index in [9.17, 15) is 9.50 Å². The van der Waals surface area contributed by atoms with Crippen LogP contribution in [-0.2, 0) is 6.61 Å². The normalized spacial score (nSPS) is 10.7. The van der Waals surface area contributed by atoms with Gasteiger partial charge in [-0.05, 0) is 48.5 Å². The van der Waals surface area contributed by atoms with Gasteiger partial charge in [-0.3, -0.25) is 0 Å². The average molecular weight is 299 g/mol. The van der Waals surface area contributed by atoms with Crippen LogP contribution in [0.3, 0.4) is 0 Å². The lowest BCUT2D eigenvalue weighted by Gasteiger charge is -2.03. The van der Waals surface area contributed by atoms with Crippen LogP contribution >= 0.6 is 0 Å². The van der Waals surface area contributed by atoms with Crippen LogP contribution in [0, 0.1) is 5.82 Å². The molecule has 5 heteroatoms. The lowest BCUT2D eigenvalue weighted by Crippen LogP contribution is -1.89. The largest absolute Gasteiger partial charge is 0.497 e. The van der Waals surface area contributed by atoms with E-state index in [0.29, 0.717) is 22.6 Å². The summed E-state index contributed by atoms with van der Waals surface area (Å²) in [5, 5.41) is 13.7. The number of aliphatic hydroxyl groups excluding tert-OH is 1. The van der Waals surface area contributed by atoms with Gasteiger partial charge in [0.25, 0.3) is 0 Å². The maximum atomic E-state index is 13.0. The van der Waals surface area contributed by atoms with Crippen molar-refractivity contribution in [3.05, 3.63) is 59.9 Å². The van der Waals surface area contributed by atoms with Crippen LogP contribution in [0.5, 0.6) is 5.75 Å². The number of aromatic nitrogens is 1. The number of ether oxygens (including phenoxy) is 1. The second-order valence-electron chi connectivity index (χ2n) is 4.73. The molecule has 0 amide bonds. The molecule has 1 heterocycles. The lowest BCUT2D eigenvalue weighted by atomic mass is 10.0. The van der Waals surface area contributed by atoms with E-state index in [1.165, 1.54) is 12.1 Å². The average Bonchev–Trinajstić information content (AvgIpc) is 2.99. The topological polar surface area (TPSA) is 55.5 Å². The standard InChI is InChI=1S/C17H14FNO3/c1-21-14-8-4-12(5-9-14)17-15(10-20)16(19-22-17)11-2-6-13(18)7-3-11/h2-9,20H,10H2,1H3. The molecule has 0 bridgehead atoms. The zero-order valence-corrected chi connectivity index (χ0v) is 11.9. The summed E-state index contributed by atoms with van der Waals surface area (Å²) in [6.07, 6.45) is 0. The van der Waals surface area contributed by atoms with Gasteiger partial charge < -0.3 is 14.4 Å². The van der Waals surface area contributed by atoms with Gasteiger partial charge in [0.15, 0.2) is 5.76 Å². The Morgan fingerprint density at radius 3 is 2.27 bits per heavy atom. The van der Waals surface area contributed by atoms with E-state index < -0.39 is 0 Å². The molecule has 1 aromatic heterocycles. The third-order valence-electron chi connectivity index (χ3n) is 3.42.